The predicted molar refractivity (Wildman–Crippen MR) is 162 cm³/mol. The van der Waals surface area contributed by atoms with Gasteiger partial charge in [-0.05, 0) is 60.4 Å². The highest BCUT2D eigenvalue weighted by atomic mass is 127. The van der Waals surface area contributed by atoms with Crippen LogP contribution in [0, 0.1) is 5.41 Å². The van der Waals surface area contributed by atoms with Gasteiger partial charge in [-0.15, -0.1) is 0 Å². The van der Waals surface area contributed by atoms with Crippen LogP contribution in [0.5, 0.6) is 0 Å². The van der Waals surface area contributed by atoms with Gasteiger partial charge in [0.05, 0.1) is 0 Å². The lowest BCUT2D eigenvalue weighted by molar-refractivity contribution is 0.243. The van der Waals surface area contributed by atoms with E-state index in [1.54, 1.807) is 0 Å². The van der Waals surface area contributed by atoms with E-state index in [4.69, 9.17) is 0 Å². The molecule has 3 aromatic carbocycles. The quantitative estimate of drug-likeness (QED) is 0.0842. The Balaban J connectivity index is 1.65. The maximum absolute atomic E-state index is 2.53. The molecule has 3 rings (SSSR count). The number of hydrogen-bond donors (Lipinski definition) is 0. The van der Waals surface area contributed by atoms with E-state index in [-0.39, 0.29) is 5.41 Å². The highest BCUT2D eigenvalue weighted by Crippen LogP contribution is 2.37. The Morgan fingerprint density at radius 1 is 0.471 bits per heavy atom. The summed E-state index contributed by atoms with van der Waals surface area (Å²) in [6.07, 6.45) is 18.5. The molecule has 0 nitrogen and oxygen atoms in total. The molecule has 0 heterocycles. The average Bonchev–Trinajstić information content (AvgIpc) is 2.87. The smallest absolute Gasteiger partial charge is 0.0176 e. The number of unbranched alkanes of at least 4 members (excludes halogenated alkanes) is 7. The summed E-state index contributed by atoms with van der Waals surface area (Å²) in [5.74, 6) is 0. The van der Waals surface area contributed by atoms with E-state index in [2.05, 4.69) is 113 Å². The Morgan fingerprint density at radius 3 is 1.21 bits per heavy atom. The van der Waals surface area contributed by atoms with Gasteiger partial charge in [0.1, 0.15) is 0 Å². The summed E-state index contributed by atoms with van der Waals surface area (Å²) in [5, 5.41) is 0. The molecule has 0 fully saturated rings. The van der Waals surface area contributed by atoms with Crippen molar-refractivity contribution in [3.8, 4) is 0 Å². The first-order valence-corrected chi connectivity index (χ1v) is 17.6. The summed E-state index contributed by atoms with van der Waals surface area (Å²) in [4.78, 5) is 0. The monoisotopic (exact) mass is 584 g/mol. The summed E-state index contributed by atoms with van der Waals surface area (Å²) in [6, 6.07) is 33.6. The first-order chi connectivity index (χ1) is 16.8. The summed E-state index contributed by atoms with van der Waals surface area (Å²) >= 11 is 2.53. The van der Waals surface area contributed by atoms with Crippen molar-refractivity contribution >= 4 is 28.3 Å². The van der Waals surface area contributed by atoms with E-state index in [0.717, 1.165) is 25.5 Å². The lowest BCUT2D eigenvalue weighted by Crippen LogP contribution is -2.30. The van der Waals surface area contributed by atoms with Crippen molar-refractivity contribution in [2.24, 2.45) is 5.41 Å². The van der Waals surface area contributed by atoms with E-state index < -0.39 is 0 Å². The van der Waals surface area contributed by atoms with E-state index in [0.29, 0.717) is 0 Å². The molecule has 0 aromatic heterocycles. The molecule has 1 atom stereocenters. The number of benzene rings is 3. The molecule has 3 aromatic rings. The molecule has 0 saturated carbocycles. The predicted octanol–water partition coefficient (Wildman–Crippen LogP) is 10.2. The van der Waals surface area contributed by atoms with Crippen molar-refractivity contribution in [1.29, 1.82) is 0 Å². The summed E-state index contributed by atoms with van der Waals surface area (Å²) < 4.78 is 0. The third-order valence-electron chi connectivity index (χ3n) is 6.99. The van der Waals surface area contributed by atoms with Gasteiger partial charge in [0, 0.05) is 0 Å². The van der Waals surface area contributed by atoms with Crippen LogP contribution < -0.4 is 0 Å². The minimum atomic E-state index is 0.254. The molecule has 0 saturated heterocycles. The topological polar surface area (TPSA) is 0 Å². The van der Waals surface area contributed by atoms with Crippen molar-refractivity contribution in [2.45, 2.75) is 77.0 Å². The molecule has 2 heteroatoms. The zero-order chi connectivity index (χ0) is 23.7. The van der Waals surface area contributed by atoms with Crippen LogP contribution in [0.15, 0.2) is 91.0 Å². The van der Waals surface area contributed by atoms with Gasteiger partial charge in [-0.25, -0.2) is 0 Å². The molecule has 34 heavy (non-hydrogen) atoms. The zero-order valence-electron chi connectivity index (χ0n) is 20.7. The normalized spacial score (nSPS) is 11.9. The minimum absolute atomic E-state index is 0.254. The SMILES string of the molecule is IPCCCCCCCCCCC(Cc1ccccc1)(Cc1ccccc1)Cc1ccccc1. The fourth-order valence-corrected chi connectivity index (χ4v) is 6.82. The maximum atomic E-state index is 2.53. The number of halogens is 1. The fraction of sp³-hybridized carbons (Fsp3) is 0.438. The first-order valence-electron chi connectivity index (χ1n) is 13.2. The summed E-state index contributed by atoms with van der Waals surface area (Å²) in [7, 11) is 0. The van der Waals surface area contributed by atoms with Gasteiger partial charge < -0.3 is 0 Å². The Kier molecular flexibility index (Phi) is 13.3. The molecule has 0 aliphatic rings. The molecule has 0 N–H and O–H groups in total. The van der Waals surface area contributed by atoms with Crippen LogP contribution in [-0.2, 0) is 19.3 Å². The molecule has 0 aliphatic heterocycles. The van der Waals surface area contributed by atoms with Crippen LogP contribution in [0.2, 0.25) is 0 Å². The van der Waals surface area contributed by atoms with Gasteiger partial charge in [-0.3, -0.25) is 0 Å². The van der Waals surface area contributed by atoms with Gasteiger partial charge in [-0.1, -0.05) is 164 Å². The Labute approximate surface area is 223 Å². The fourth-order valence-electron chi connectivity index (χ4n) is 5.29. The Hall–Kier alpha value is -1.18. The summed E-state index contributed by atoms with van der Waals surface area (Å²) in [6.45, 7) is 0. The van der Waals surface area contributed by atoms with Crippen molar-refractivity contribution in [3.05, 3.63) is 108 Å². The molecule has 1 unspecified atom stereocenters. The minimum Gasteiger partial charge on any atom is -0.0622 e. The second kappa shape index (κ2) is 16.5. The highest BCUT2D eigenvalue weighted by Gasteiger charge is 2.30. The molecule has 0 radical (unpaired) electrons. The van der Waals surface area contributed by atoms with Crippen molar-refractivity contribution in [3.63, 3.8) is 0 Å². The van der Waals surface area contributed by atoms with Crippen molar-refractivity contribution < 1.29 is 0 Å². The third kappa shape index (κ3) is 10.6. The molecule has 0 spiro atoms. The molecule has 0 aliphatic carbocycles. The highest BCUT2D eigenvalue weighted by molar-refractivity contribution is 14.2. The third-order valence-corrected chi connectivity index (χ3v) is 9.15. The van der Waals surface area contributed by atoms with E-state index in [9.17, 15) is 0 Å². The van der Waals surface area contributed by atoms with Gasteiger partial charge in [0.25, 0.3) is 0 Å². The molecular weight excluding hydrogens is 542 g/mol. The van der Waals surface area contributed by atoms with Crippen LogP contribution in [0.4, 0.5) is 0 Å². The van der Waals surface area contributed by atoms with Gasteiger partial charge in [0.2, 0.25) is 0 Å². The number of rotatable bonds is 17. The van der Waals surface area contributed by atoms with Crippen molar-refractivity contribution in [2.75, 3.05) is 6.16 Å². The van der Waals surface area contributed by atoms with Crippen LogP contribution in [-0.4, -0.2) is 6.16 Å². The Morgan fingerprint density at radius 2 is 0.824 bits per heavy atom. The van der Waals surface area contributed by atoms with Gasteiger partial charge in [-0.2, -0.15) is 0 Å². The number of hydrogen-bond acceptors (Lipinski definition) is 0. The van der Waals surface area contributed by atoms with Gasteiger partial charge in [0.15, 0.2) is 0 Å². The zero-order valence-corrected chi connectivity index (χ0v) is 23.9. The largest absolute Gasteiger partial charge is 0.0622 e. The van der Waals surface area contributed by atoms with E-state index >= 15 is 0 Å². The molecule has 0 amide bonds. The molecule has 182 valence electrons. The van der Waals surface area contributed by atoms with Crippen LogP contribution in [0.3, 0.4) is 0 Å². The lowest BCUT2D eigenvalue weighted by Gasteiger charge is -2.35. The molecule has 0 bridgehead atoms. The van der Waals surface area contributed by atoms with Gasteiger partial charge >= 0.3 is 0 Å². The van der Waals surface area contributed by atoms with E-state index in [1.165, 1.54) is 80.6 Å². The van der Waals surface area contributed by atoms with Crippen LogP contribution >= 0.6 is 28.3 Å². The van der Waals surface area contributed by atoms with Crippen molar-refractivity contribution in [1.82, 2.24) is 0 Å². The average molecular weight is 585 g/mol. The second-order valence-electron chi connectivity index (χ2n) is 9.95. The lowest BCUT2D eigenvalue weighted by atomic mass is 9.69. The van der Waals surface area contributed by atoms with Crippen LogP contribution in [0.1, 0.15) is 74.5 Å². The standard InChI is InChI=1S/C32H42IP/c33-34-25-17-6-4-2-1-3-5-16-24-32(26-29-18-10-7-11-19-29,27-30-20-12-8-13-21-30)28-31-22-14-9-15-23-31/h7-15,18-23,34H,1-6,16-17,24-28H2. The van der Waals surface area contributed by atoms with E-state index in [1.807, 2.05) is 0 Å². The first kappa shape index (κ1) is 27.4. The summed E-state index contributed by atoms with van der Waals surface area (Å²) in [5.41, 5.74) is 4.68. The van der Waals surface area contributed by atoms with Crippen LogP contribution in [0.25, 0.3) is 0 Å². The maximum Gasteiger partial charge on any atom is -0.0176 e. The molecular formula is C32H42IP. The Bertz CT molecular complexity index is 777. The second-order valence-corrected chi connectivity index (χ2v) is 13.0.